The molecule has 2 aromatic rings. The molecule has 2 rings (SSSR count). The number of rotatable bonds is 8. The Balaban J connectivity index is 1.84. The van der Waals surface area contributed by atoms with Gasteiger partial charge in [0.05, 0.1) is 5.25 Å². The first-order valence-corrected chi connectivity index (χ1v) is 8.84. The second kappa shape index (κ2) is 8.73. The van der Waals surface area contributed by atoms with Crippen molar-refractivity contribution in [3.8, 4) is 5.75 Å². The fourth-order valence-corrected chi connectivity index (χ4v) is 2.50. The average Bonchev–Trinajstić information content (AvgIpc) is 3.01. The maximum atomic E-state index is 12.0. The molecule has 1 aromatic heterocycles. The summed E-state index contributed by atoms with van der Waals surface area (Å²) in [4.78, 5) is 12.0. The van der Waals surface area contributed by atoms with Gasteiger partial charge in [-0.05, 0) is 39.3 Å². The van der Waals surface area contributed by atoms with E-state index in [1.807, 2.05) is 52.0 Å². The van der Waals surface area contributed by atoms with Crippen molar-refractivity contribution >= 4 is 17.7 Å². The molecule has 0 saturated carbocycles. The standard InChI is InChI=1S/C17H23N3O3S/c1-5-12(3)18-16(21)13(4)24-17-20-19-15(23-17)10-22-14-8-6-11(2)7-9-14/h6-9,12-13H,5,10H2,1-4H3,(H,18,21). The lowest BCUT2D eigenvalue weighted by Gasteiger charge is -2.14. The number of nitrogens with one attached hydrogen (secondary N) is 1. The minimum atomic E-state index is -0.301. The summed E-state index contributed by atoms with van der Waals surface area (Å²) in [5.74, 6) is 1.09. The van der Waals surface area contributed by atoms with Crippen LogP contribution in [0.3, 0.4) is 0 Å². The van der Waals surface area contributed by atoms with E-state index in [1.165, 1.54) is 17.3 Å². The summed E-state index contributed by atoms with van der Waals surface area (Å²) in [6.45, 7) is 8.03. The topological polar surface area (TPSA) is 77.2 Å². The summed E-state index contributed by atoms with van der Waals surface area (Å²) in [6, 6.07) is 7.89. The molecular weight excluding hydrogens is 326 g/mol. The van der Waals surface area contributed by atoms with Crippen LogP contribution in [0.25, 0.3) is 0 Å². The van der Waals surface area contributed by atoms with E-state index in [1.54, 1.807) is 0 Å². The normalized spacial score (nSPS) is 13.3. The monoisotopic (exact) mass is 349 g/mol. The zero-order chi connectivity index (χ0) is 17.5. The lowest BCUT2D eigenvalue weighted by Crippen LogP contribution is -2.37. The van der Waals surface area contributed by atoms with Gasteiger partial charge in [0, 0.05) is 6.04 Å². The van der Waals surface area contributed by atoms with E-state index < -0.39 is 0 Å². The number of aryl methyl sites for hydroxylation is 1. The largest absolute Gasteiger partial charge is 0.484 e. The van der Waals surface area contributed by atoms with Crippen molar-refractivity contribution in [3.63, 3.8) is 0 Å². The van der Waals surface area contributed by atoms with Crippen LogP contribution in [0.2, 0.25) is 0 Å². The van der Waals surface area contributed by atoms with Crippen molar-refractivity contribution in [1.29, 1.82) is 0 Å². The van der Waals surface area contributed by atoms with Crippen LogP contribution < -0.4 is 10.1 Å². The maximum Gasteiger partial charge on any atom is 0.277 e. The number of nitrogens with zero attached hydrogens (tertiary/aromatic N) is 2. The van der Waals surface area contributed by atoms with Gasteiger partial charge >= 0.3 is 0 Å². The highest BCUT2D eigenvalue weighted by Gasteiger charge is 2.19. The summed E-state index contributed by atoms with van der Waals surface area (Å²) in [5, 5.41) is 10.9. The number of carbonyl (C=O) groups excluding carboxylic acids is 1. The predicted molar refractivity (Wildman–Crippen MR) is 93.0 cm³/mol. The maximum absolute atomic E-state index is 12.0. The first kappa shape index (κ1) is 18.3. The molecule has 2 atom stereocenters. The third kappa shape index (κ3) is 5.56. The Morgan fingerprint density at radius 3 is 2.67 bits per heavy atom. The van der Waals surface area contributed by atoms with Crippen LogP contribution in [0.4, 0.5) is 0 Å². The Hall–Kier alpha value is -2.02. The molecule has 130 valence electrons. The minimum Gasteiger partial charge on any atom is -0.484 e. The second-order valence-corrected chi connectivity index (χ2v) is 6.93. The Kier molecular flexibility index (Phi) is 6.66. The summed E-state index contributed by atoms with van der Waals surface area (Å²) >= 11 is 1.24. The van der Waals surface area contributed by atoms with Crippen molar-refractivity contribution in [3.05, 3.63) is 35.7 Å². The Morgan fingerprint density at radius 1 is 1.29 bits per heavy atom. The molecule has 2 unspecified atom stereocenters. The lowest BCUT2D eigenvalue weighted by atomic mass is 10.2. The molecule has 0 aliphatic carbocycles. The van der Waals surface area contributed by atoms with Crippen molar-refractivity contribution in [2.24, 2.45) is 0 Å². The minimum absolute atomic E-state index is 0.0370. The van der Waals surface area contributed by atoms with E-state index >= 15 is 0 Å². The highest BCUT2D eigenvalue weighted by atomic mass is 32.2. The third-order valence-corrected chi connectivity index (χ3v) is 4.41. The summed E-state index contributed by atoms with van der Waals surface area (Å²) in [7, 11) is 0. The molecule has 0 spiro atoms. The zero-order valence-electron chi connectivity index (χ0n) is 14.4. The van der Waals surface area contributed by atoms with E-state index in [2.05, 4.69) is 15.5 Å². The molecule has 0 bridgehead atoms. The number of thioether (sulfide) groups is 1. The third-order valence-electron chi connectivity index (χ3n) is 3.48. The number of hydrogen-bond donors (Lipinski definition) is 1. The quantitative estimate of drug-likeness (QED) is 0.737. The van der Waals surface area contributed by atoms with E-state index in [4.69, 9.17) is 9.15 Å². The zero-order valence-corrected chi connectivity index (χ0v) is 15.2. The lowest BCUT2D eigenvalue weighted by molar-refractivity contribution is -0.120. The summed E-state index contributed by atoms with van der Waals surface area (Å²) < 4.78 is 11.1. The van der Waals surface area contributed by atoms with E-state index in [-0.39, 0.29) is 23.8 Å². The van der Waals surface area contributed by atoms with Gasteiger partial charge in [-0.1, -0.05) is 36.4 Å². The molecule has 0 saturated heterocycles. The molecule has 0 aliphatic heterocycles. The van der Waals surface area contributed by atoms with E-state index in [0.29, 0.717) is 11.1 Å². The molecule has 6 nitrogen and oxygen atoms in total. The molecule has 24 heavy (non-hydrogen) atoms. The van der Waals surface area contributed by atoms with Crippen LogP contribution >= 0.6 is 11.8 Å². The van der Waals surface area contributed by atoms with Gasteiger partial charge in [-0.3, -0.25) is 4.79 Å². The van der Waals surface area contributed by atoms with Gasteiger partial charge in [-0.15, -0.1) is 10.2 Å². The molecule has 0 aliphatic rings. The van der Waals surface area contributed by atoms with Gasteiger partial charge in [0.15, 0.2) is 6.61 Å². The molecule has 1 N–H and O–H groups in total. The predicted octanol–water partition coefficient (Wildman–Crippen LogP) is 3.35. The Morgan fingerprint density at radius 2 is 2.00 bits per heavy atom. The summed E-state index contributed by atoms with van der Waals surface area (Å²) in [5.41, 5.74) is 1.17. The summed E-state index contributed by atoms with van der Waals surface area (Å²) in [6.07, 6.45) is 0.893. The SMILES string of the molecule is CCC(C)NC(=O)C(C)Sc1nnc(COc2ccc(C)cc2)o1. The molecule has 0 fully saturated rings. The Labute approximate surface area is 146 Å². The molecule has 1 heterocycles. The van der Waals surface area contributed by atoms with Gasteiger partial charge in [-0.2, -0.15) is 0 Å². The van der Waals surface area contributed by atoms with Crippen LogP contribution in [0.5, 0.6) is 5.75 Å². The molecule has 1 aromatic carbocycles. The van der Waals surface area contributed by atoms with Gasteiger partial charge < -0.3 is 14.5 Å². The van der Waals surface area contributed by atoms with E-state index in [9.17, 15) is 4.79 Å². The number of amides is 1. The number of benzene rings is 1. The van der Waals surface area contributed by atoms with Crippen LogP contribution in [0.15, 0.2) is 33.9 Å². The number of aromatic nitrogens is 2. The molecular formula is C17H23N3O3S. The average molecular weight is 349 g/mol. The van der Waals surface area contributed by atoms with Gasteiger partial charge in [0.1, 0.15) is 5.75 Å². The Bertz CT molecular complexity index is 657. The number of ether oxygens (including phenoxy) is 1. The van der Waals surface area contributed by atoms with Crippen LogP contribution in [-0.2, 0) is 11.4 Å². The number of hydrogen-bond acceptors (Lipinski definition) is 6. The molecule has 0 radical (unpaired) electrons. The van der Waals surface area contributed by atoms with Crippen molar-refractivity contribution in [2.75, 3.05) is 0 Å². The van der Waals surface area contributed by atoms with Crippen LogP contribution in [0, 0.1) is 6.92 Å². The van der Waals surface area contributed by atoms with Crippen LogP contribution in [0.1, 0.15) is 38.6 Å². The second-order valence-electron chi connectivity index (χ2n) is 5.64. The first-order valence-electron chi connectivity index (χ1n) is 7.96. The highest BCUT2D eigenvalue weighted by molar-refractivity contribution is 8.00. The van der Waals surface area contributed by atoms with Crippen LogP contribution in [-0.4, -0.2) is 27.4 Å². The van der Waals surface area contributed by atoms with Crippen molar-refractivity contribution in [2.45, 2.75) is 57.2 Å². The first-order chi connectivity index (χ1) is 11.5. The fourth-order valence-electron chi connectivity index (χ4n) is 1.79. The van der Waals surface area contributed by atoms with Gasteiger partial charge in [-0.25, -0.2) is 0 Å². The molecule has 1 amide bonds. The number of carbonyl (C=O) groups is 1. The van der Waals surface area contributed by atoms with Gasteiger partial charge in [0.2, 0.25) is 5.91 Å². The fraction of sp³-hybridized carbons (Fsp3) is 0.471. The molecule has 7 heteroatoms. The van der Waals surface area contributed by atoms with E-state index in [0.717, 1.165) is 12.2 Å². The highest BCUT2D eigenvalue weighted by Crippen LogP contribution is 2.22. The van der Waals surface area contributed by atoms with Crippen molar-refractivity contribution in [1.82, 2.24) is 15.5 Å². The smallest absolute Gasteiger partial charge is 0.277 e. The van der Waals surface area contributed by atoms with Gasteiger partial charge in [0.25, 0.3) is 11.1 Å². The van der Waals surface area contributed by atoms with Crippen molar-refractivity contribution < 1.29 is 13.9 Å².